The van der Waals surface area contributed by atoms with E-state index in [1.54, 1.807) is 0 Å². The molecule has 1 rings (SSSR count). The van der Waals surface area contributed by atoms with Crippen LogP contribution in [0.25, 0.3) is 0 Å². The molecule has 1 N–H and O–H groups in total. The highest BCUT2D eigenvalue weighted by Crippen LogP contribution is 2.19. The van der Waals surface area contributed by atoms with Crippen LogP contribution in [0.4, 0.5) is 0 Å². The highest BCUT2D eigenvalue weighted by molar-refractivity contribution is 5.76. The fourth-order valence-corrected chi connectivity index (χ4v) is 2.89. The Balaban J connectivity index is 2.61. The number of rotatable bonds is 7. The van der Waals surface area contributed by atoms with E-state index in [-0.39, 0.29) is 12.0 Å². The van der Waals surface area contributed by atoms with E-state index in [9.17, 15) is 4.79 Å². The van der Waals surface area contributed by atoms with Gasteiger partial charge in [0.15, 0.2) is 0 Å². The SMILES string of the molecule is CCNC(CN1CCCCCC1CC)C(=O)OCC. The lowest BCUT2D eigenvalue weighted by Crippen LogP contribution is -2.49. The lowest BCUT2D eigenvalue weighted by atomic mass is 10.1. The minimum Gasteiger partial charge on any atom is -0.465 e. The molecule has 1 aliphatic heterocycles. The van der Waals surface area contributed by atoms with Crippen LogP contribution in [-0.2, 0) is 9.53 Å². The van der Waals surface area contributed by atoms with Crippen molar-refractivity contribution in [1.82, 2.24) is 10.2 Å². The van der Waals surface area contributed by atoms with Gasteiger partial charge in [0.1, 0.15) is 6.04 Å². The number of likely N-dealkylation sites (N-methyl/N-ethyl adjacent to an activating group) is 1. The lowest BCUT2D eigenvalue weighted by Gasteiger charge is -2.32. The summed E-state index contributed by atoms with van der Waals surface area (Å²) >= 11 is 0. The molecule has 4 nitrogen and oxygen atoms in total. The molecule has 0 aliphatic carbocycles. The first kappa shape index (κ1) is 16.4. The second kappa shape index (κ2) is 9.32. The van der Waals surface area contributed by atoms with Gasteiger partial charge in [-0.25, -0.2) is 0 Å². The van der Waals surface area contributed by atoms with Crippen molar-refractivity contribution < 1.29 is 9.53 Å². The molecule has 19 heavy (non-hydrogen) atoms. The minimum absolute atomic E-state index is 0.108. The molecule has 0 aromatic carbocycles. The van der Waals surface area contributed by atoms with Crippen LogP contribution >= 0.6 is 0 Å². The van der Waals surface area contributed by atoms with E-state index >= 15 is 0 Å². The van der Waals surface area contributed by atoms with E-state index in [0.29, 0.717) is 12.6 Å². The Kier molecular flexibility index (Phi) is 8.07. The smallest absolute Gasteiger partial charge is 0.324 e. The summed E-state index contributed by atoms with van der Waals surface area (Å²) in [4.78, 5) is 14.5. The Bertz CT molecular complexity index is 259. The molecule has 1 aliphatic rings. The van der Waals surface area contributed by atoms with Gasteiger partial charge in [-0.2, -0.15) is 0 Å². The maximum Gasteiger partial charge on any atom is 0.324 e. The molecule has 1 fully saturated rings. The van der Waals surface area contributed by atoms with E-state index in [2.05, 4.69) is 17.1 Å². The van der Waals surface area contributed by atoms with Gasteiger partial charge in [0.05, 0.1) is 6.61 Å². The van der Waals surface area contributed by atoms with Gasteiger partial charge in [-0.3, -0.25) is 9.69 Å². The molecule has 2 atom stereocenters. The summed E-state index contributed by atoms with van der Waals surface area (Å²) < 4.78 is 5.17. The van der Waals surface area contributed by atoms with Gasteiger partial charge in [-0.05, 0) is 39.3 Å². The van der Waals surface area contributed by atoms with Crippen LogP contribution < -0.4 is 5.32 Å². The summed E-state index contributed by atoms with van der Waals surface area (Å²) in [5, 5.41) is 3.26. The Morgan fingerprint density at radius 1 is 1.32 bits per heavy atom. The van der Waals surface area contributed by atoms with Crippen molar-refractivity contribution in [2.45, 2.75) is 65.0 Å². The molecule has 0 saturated carbocycles. The van der Waals surface area contributed by atoms with E-state index in [0.717, 1.165) is 19.6 Å². The van der Waals surface area contributed by atoms with Crippen LogP contribution in [0.2, 0.25) is 0 Å². The van der Waals surface area contributed by atoms with Crippen LogP contribution in [0.15, 0.2) is 0 Å². The quantitative estimate of drug-likeness (QED) is 0.720. The molecule has 2 unspecified atom stereocenters. The van der Waals surface area contributed by atoms with Crippen molar-refractivity contribution in [2.75, 3.05) is 26.2 Å². The van der Waals surface area contributed by atoms with Gasteiger partial charge in [0, 0.05) is 12.6 Å². The number of carbonyl (C=O) groups is 1. The summed E-state index contributed by atoms with van der Waals surface area (Å²) in [5.74, 6) is -0.108. The van der Waals surface area contributed by atoms with Crippen LogP contribution in [-0.4, -0.2) is 49.2 Å². The summed E-state index contributed by atoms with van der Waals surface area (Å²) in [6.45, 7) is 9.29. The summed E-state index contributed by atoms with van der Waals surface area (Å²) in [6.07, 6.45) is 6.32. The van der Waals surface area contributed by atoms with Crippen molar-refractivity contribution in [1.29, 1.82) is 0 Å². The van der Waals surface area contributed by atoms with Gasteiger partial charge in [-0.1, -0.05) is 26.7 Å². The second-order valence-electron chi connectivity index (χ2n) is 5.27. The van der Waals surface area contributed by atoms with Crippen molar-refractivity contribution in [3.8, 4) is 0 Å². The van der Waals surface area contributed by atoms with Crippen LogP contribution in [0.3, 0.4) is 0 Å². The number of nitrogens with zero attached hydrogens (tertiary/aromatic N) is 1. The highest BCUT2D eigenvalue weighted by atomic mass is 16.5. The molecule has 1 saturated heterocycles. The molecular weight excluding hydrogens is 240 g/mol. The molecular formula is C15H30N2O2. The first-order valence-electron chi connectivity index (χ1n) is 7.86. The molecule has 112 valence electrons. The zero-order valence-corrected chi connectivity index (χ0v) is 12.8. The van der Waals surface area contributed by atoms with Crippen LogP contribution in [0.5, 0.6) is 0 Å². The molecule has 0 spiro atoms. The number of carbonyl (C=O) groups excluding carboxylic acids is 1. The zero-order valence-electron chi connectivity index (χ0n) is 12.8. The van der Waals surface area contributed by atoms with Gasteiger partial charge in [0.25, 0.3) is 0 Å². The number of hydrogen-bond donors (Lipinski definition) is 1. The lowest BCUT2D eigenvalue weighted by molar-refractivity contribution is -0.146. The Labute approximate surface area is 117 Å². The zero-order chi connectivity index (χ0) is 14.1. The minimum atomic E-state index is -0.183. The Hall–Kier alpha value is -0.610. The Morgan fingerprint density at radius 3 is 2.74 bits per heavy atom. The third-order valence-corrected chi connectivity index (χ3v) is 3.91. The normalized spacial score (nSPS) is 22.8. The van der Waals surface area contributed by atoms with Crippen molar-refractivity contribution >= 4 is 5.97 Å². The third-order valence-electron chi connectivity index (χ3n) is 3.91. The average molecular weight is 270 g/mol. The second-order valence-corrected chi connectivity index (χ2v) is 5.27. The molecule has 0 bridgehead atoms. The molecule has 0 amide bonds. The maximum absolute atomic E-state index is 12.0. The standard InChI is InChI=1S/C15H30N2O2/c1-4-13-10-8-7-9-11-17(13)12-14(16-5-2)15(18)19-6-3/h13-14,16H,4-12H2,1-3H3. The predicted molar refractivity (Wildman–Crippen MR) is 78.2 cm³/mol. The van der Waals surface area contributed by atoms with Crippen molar-refractivity contribution in [3.05, 3.63) is 0 Å². The summed E-state index contributed by atoms with van der Waals surface area (Å²) in [7, 11) is 0. The number of nitrogens with one attached hydrogen (secondary N) is 1. The third kappa shape index (κ3) is 5.49. The van der Waals surface area contributed by atoms with Crippen molar-refractivity contribution in [3.63, 3.8) is 0 Å². The molecule has 0 aromatic heterocycles. The number of esters is 1. The molecule has 0 aromatic rings. The van der Waals surface area contributed by atoms with E-state index in [4.69, 9.17) is 4.74 Å². The Morgan fingerprint density at radius 2 is 2.11 bits per heavy atom. The van der Waals surface area contributed by atoms with Crippen LogP contribution in [0, 0.1) is 0 Å². The molecule has 1 heterocycles. The average Bonchev–Trinajstić information content (AvgIpc) is 2.63. The van der Waals surface area contributed by atoms with E-state index in [1.165, 1.54) is 32.1 Å². The summed E-state index contributed by atoms with van der Waals surface area (Å²) in [6, 6.07) is 0.440. The van der Waals surface area contributed by atoms with Crippen molar-refractivity contribution in [2.24, 2.45) is 0 Å². The predicted octanol–water partition coefficient (Wildman–Crippen LogP) is 2.18. The van der Waals surface area contributed by atoms with Gasteiger partial charge in [-0.15, -0.1) is 0 Å². The first-order chi connectivity index (χ1) is 9.22. The van der Waals surface area contributed by atoms with E-state index < -0.39 is 0 Å². The first-order valence-corrected chi connectivity index (χ1v) is 7.86. The maximum atomic E-state index is 12.0. The highest BCUT2D eigenvalue weighted by Gasteiger charge is 2.26. The number of ether oxygens (including phenoxy) is 1. The largest absolute Gasteiger partial charge is 0.465 e. The molecule has 0 radical (unpaired) electrons. The molecule has 4 heteroatoms. The number of likely N-dealkylation sites (tertiary alicyclic amines) is 1. The fraction of sp³-hybridized carbons (Fsp3) is 0.933. The van der Waals surface area contributed by atoms with Crippen LogP contribution in [0.1, 0.15) is 52.9 Å². The van der Waals surface area contributed by atoms with Gasteiger partial charge >= 0.3 is 5.97 Å². The van der Waals surface area contributed by atoms with E-state index in [1.807, 2.05) is 13.8 Å². The number of hydrogen-bond acceptors (Lipinski definition) is 4. The van der Waals surface area contributed by atoms with Gasteiger partial charge < -0.3 is 10.1 Å². The summed E-state index contributed by atoms with van der Waals surface area (Å²) in [5.41, 5.74) is 0. The monoisotopic (exact) mass is 270 g/mol. The van der Waals surface area contributed by atoms with Gasteiger partial charge in [0.2, 0.25) is 0 Å². The topological polar surface area (TPSA) is 41.6 Å². The fourth-order valence-electron chi connectivity index (χ4n) is 2.89.